The Morgan fingerprint density at radius 1 is 1.18 bits per heavy atom. The van der Waals surface area contributed by atoms with Crippen molar-refractivity contribution in [3.8, 4) is 0 Å². The summed E-state index contributed by atoms with van der Waals surface area (Å²) in [6.07, 6.45) is 3.39. The first-order chi connectivity index (χ1) is 8.36. The van der Waals surface area contributed by atoms with E-state index in [0.717, 1.165) is 17.6 Å². The molecule has 0 spiro atoms. The molecule has 0 aliphatic heterocycles. The van der Waals surface area contributed by atoms with E-state index in [-0.39, 0.29) is 0 Å². The topological polar surface area (TPSA) is 46.0 Å². The van der Waals surface area contributed by atoms with Crippen LogP contribution in [0.5, 0.6) is 0 Å². The molecule has 0 unspecified atom stereocenters. The van der Waals surface area contributed by atoms with Crippen LogP contribution in [0.1, 0.15) is 21.9 Å². The van der Waals surface area contributed by atoms with Crippen LogP contribution in [-0.4, -0.2) is 11.3 Å². The average molecular weight is 225 g/mol. The highest BCUT2D eigenvalue weighted by Gasteiger charge is 2.06. The van der Waals surface area contributed by atoms with Gasteiger partial charge in [0.15, 0.2) is 12.0 Å². The van der Waals surface area contributed by atoms with Gasteiger partial charge in [-0.15, -0.1) is 0 Å². The van der Waals surface area contributed by atoms with Crippen LogP contribution in [0.4, 0.5) is 0 Å². The van der Waals surface area contributed by atoms with Crippen LogP contribution >= 0.6 is 0 Å². The molecule has 0 aliphatic carbocycles. The summed E-state index contributed by atoms with van der Waals surface area (Å²) in [6.45, 7) is 0. The van der Waals surface area contributed by atoms with E-state index in [2.05, 4.69) is 11.1 Å². The van der Waals surface area contributed by atoms with Crippen LogP contribution in [0.15, 0.2) is 47.0 Å². The van der Waals surface area contributed by atoms with Gasteiger partial charge in [0.1, 0.15) is 5.76 Å². The van der Waals surface area contributed by atoms with Gasteiger partial charge in [0, 0.05) is 23.5 Å². The molecule has 17 heavy (non-hydrogen) atoms. The normalized spacial score (nSPS) is 10.8. The van der Waals surface area contributed by atoms with Crippen molar-refractivity contribution in [1.82, 2.24) is 4.98 Å². The fourth-order valence-corrected chi connectivity index (χ4v) is 2.02. The number of aromatic nitrogens is 1. The molecule has 1 N–H and O–H groups in total. The number of benzene rings is 1. The Bertz CT molecular complexity index is 663. The molecule has 2 aromatic heterocycles. The third kappa shape index (κ3) is 1.76. The fourth-order valence-electron chi connectivity index (χ4n) is 2.02. The predicted molar refractivity (Wildman–Crippen MR) is 65.2 cm³/mol. The number of furan rings is 1. The van der Waals surface area contributed by atoms with Gasteiger partial charge in [0.05, 0.1) is 0 Å². The second kappa shape index (κ2) is 3.94. The molecule has 0 radical (unpaired) electrons. The molecule has 0 saturated carbocycles. The molecule has 84 valence electrons. The Balaban J connectivity index is 1.96. The molecule has 2 heterocycles. The van der Waals surface area contributed by atoms with Crippen molar-refractivity contribution in [3.05, 3.63) is 59.7 Å². The van der Waals surface area contributed by atoms with Gasteiger partial charge < -0.3 is 9.40 Å². The molecule has 3 aromatic rings. The molecule has 3 rings (SSSR count). The summed E-state index contributed by atoms with van der Waals surface area (Å²) in [4.78, 5) is 13.8. The summed E-state index contributed by atoms with van der Waals surface area (Å²) in [5.41, 5.74) is 2.29. The van der Waals surface area contributed by atoms with Crippen LogP contribution < -0.4 is 0 Å². The number of hydrogen-bond donors (Lipinski definition) is 1. The molecule has 0 amide bonds. The van der Waals surface area contributed by atoms with E-state index < -0.39 is 0 Å². The molecule has 0 atom stereocenters. The molecule has 0 aliphatic rings. The highest BCUT2D eigenvalue weighted by atomic mass is 16.3. The van der Waals surface area contributed by atoms with Crippen LogP contribution in [0.2, 0.25) is 0 Å². The molecule has 0 fully saturated rings. The number of fused-ring (bicyclic) bond motifs is 1. The number of carbonyl (C=O) groups excluding carboxylic acids is 1. The highest BCUT2D eigenvalue weighted by molar-refractivity contribution is 5.83. The van der Waals surface area contributed by atoms with Crippen LogP contribution in [-0.2, 0) is 6.42 Å². The van der Waals surface area contributed by atoms with Crippen molar-refractivity contribution in [2.75, 3.05) is 0 Å². The quantitative estimate of drug-likeness (QED) is 0.696. The third-order valence-electron chi connectivity index (χ3n) is 2.84. The third-order valence-corrected chi connectivity index (χ3v) is 2.84. The van der Waals surface area contributed by atoms with Crippen molar-refractivity contribution < 1.29 is 9.21 Å². The number of H-pyrrole nitrogens is 1. The summed E-state index contributed by atoms with van der Waals surface area (Å²) in [5, 5.41) is 1.19. The van der Waals surface area contributed by atoms with Crippen molar-refractivity contribution in [1.29, 1.82) is 0 Å². The number of hydrogen-bond acceptors (Lipinski definition) is 2. The van der Waals surface area contributed by atoms with Gasteiger partial charge in [-0.3, -0.25) is 4.79 Å². The zero-order valence-electron chi connectivity index (χ0n) is 9.14. The average Bonchev–Trinajstić information content (AvgIpc) is 2.97. The van der Waals surface area contributed by atoms with E-state index in [1.54, 1.807) is 6.07 Å². The summed E-state index contributed by atoms with van der Waals surface area (Å²) < 4.78 is 5.37. The van der Waals surface area contributed by atoms with E-state index in [1.165, 1.54) is 10.9 Å². The molecule has 3 heteroatoms. The van der Waals surface area contributed by atoms with Crippen molar-refractivity contribution in [2.24, 2.45) is 0 Å². The van der Waals surface area contributed by atoms with Crippen LogP contribution in [0, 0.1) is 0 Å². The van der Waals surface area contributed by atoms with Crippen LogP contribution in [0.25, 0.3) is 10.9 Å². The first-order valence-electron chi connectivity index (χ1n) is 5.46. The van der Waals surface area contributed by atoms with E-state index in [1.807, 2.05) is 30.5 Å². The predicted octanol–water partition coefficient (Wildman–Crippen LogP) is 3.16. The van der Waals surface area contributed by atoms with Crippen molar-refractivity contribution in [3.63, 3.8) is 0 Å². The smallest absolute Gasteiger partial charge is 0.185 e. The SMILES string of the molecule is O=Cc1ccc(Cc2c[nH]c3ccccc23)o1. The second-order valence-corrected chi connectivity index (χ2v) is 3.96. The molecule has 0 bridgehead atoms. The zero-order chi connectivity index (χ0) is 11.7. The Kier molecular flexibility index (Phi) is 2.29. The van der Waals surface area contributed by atoms with Gasteiger partial charge in [0.25, 0.3) is 0 Å². The Morgan fingerprint density at radius 2 is 2.06 bits per heavy atom. The lowest BCUT2D eigenvalue weighted by molar-refractivity contribution is 0.109. The number of aldehydes is 1. The number of carbonyl (C=O) groups is 1. The molecule has 1 aromatic carbocycles. The molecular formula is C14H11NO2. The van der Waals surface area contributed by atoms with E-state index in [0.29, 0.717) is 12.2 Å². The van der Waals surface area contributed by atoms with Gasteiger partial charge in [0.2, 0.25) is 0 Å². The summed E-state index contributed by atoms with van der Waals surface area (Å²) in [6, 6.07) is 11.7. The summed E-state index contributed by atoms with van der Waals surface area (Å²) >= 11 is 0. The Hall–Kier alpha value is -2.29. The minimum Gasteiger partial charge on any atom is -0.458 e. The minimum absolute atomic E-state index is 0.375. The Labute approximate surface area is 98.1 Å². The van der Waals surface area contributed by atoms with Gasteiger partial charge in [-0.25, -0.2) is 0 Å². The summed E-state index contributed by atoms with van der Waals surface area (Å²) in [5.74, 6) is 1.18. The number of para-hydroxylation sites is 1. The fraction of sp³-hybridized carbons (Fsp3) is 0.0714. The highest BCUT2D eigenvalue weighted by Crippen LogP contribution is 2.21. The van der Waals surface area contributed by atoms with E-state index in [9.17, 15) is 4.79 Å². The summed E-state index contributed by atoms with van der Waals surface area (Å²) in [7, 11) is 0. The van der Waals surface area contributed by atoms with Gasteiger partial charge in [-0.2, -0.15) is 0 Å². The maximum Gasteiger partial charge on any atom is 0.185 e. The van der Waals surface area contributed by atoms with Gasteiger partial charge >= 0.3 is 0 Å². The molecule has 3 nitrogen and oxygen atoms in total. The zero-order valence-corrected chi connectivity index (χ0v) is 9.14. The largest absolute Gasteiger partial charge is 0.458 e. The van der Waals surface area contributed by atoms with Gasteiger partial charge in [-0.05, 0) is 23.8 Å². The first-order valence-corrected chi connectivity index (χ1v) is 5.46. The van der Waals surface area contributed by atoms with E-state index in [4.69, 9.17) is 4.42 Å². The van der Waals surface area contributed by atoms with E-state index >= 15 is 0 Å². The standard InChI is InChI=1S/C14H11NO2/c16-9-12-6-5-11(17-12)7-10-8-15-14-4-2-1-3-13(10)14/h1-6,8-9,15H,7H2. The minimum atomic E-state index is 0.375. The maximum absolute atomic E-state index is 10.5. The van der Waals surface area contributed by atoms with Crippen molar-refractivity contribution in [2.45, 2.75) is 6.42 Å². The number of rotatable bonds is 3. The lowest BCUT2D eigenvalue weighted by Gasteiger charge is -1.95. The van der Waals surface area contributed by atoms with Gasteiger partial charge in [-0.1, -0.05) is 18.2 Å². The second-order valence-electron chi connectivity index (χ2n) is 3.96. The first kappa shape index (κ1) is 9.90. The number of nitrogens with one attached hydrogen (secondary N) is 1. The Morgan fingerprint density at radius 3 is 2.88 bits per heavy atom. The lowest BCUT2D eigenvalue weighted by Crippen LogP contribution is -1.83. The molecule has 0 saturated heterocycles. The lowest BCUT2D eigenvalue weighted by atomic mass is 10.1. The maximum atomic E-state index is 10.5. The number of aromatic amines is 1. The molecular weight excluding hydrogens is 214 g/mol. The van der Waals surface area contributed by atoms with Crippen LogP contribution in [0.3, 0.4) is 0 Å². The van der Waals surface area contributed by atoms with Crippen molar-refractivity contribution >= 4 is 17.2 Å². The monoisotopic (exact) mass is 225 g/mol.